The molecule has 0 amide bonds. The second-order valence-corrected chi connectivity index (χ2v) is 3.37. The first kappa shape index (κ1) is 11.7. The second-order valence-electron chi connectivity index (χ2n) is 3.37. The van der Waals surface area contributed by atoms with Crippen LogP contribution in [0.2, 0.25) is 0 Å². The van der Waals surface area contributed by atoms with Gasteiger partial charge in [-0.05, 0) is 13.8 Å². The van der Waals surface area contributed by atoms with E-state index >= 15 is 0 Å². The van der Waals surface area contributed by atoms with Crippen molar-refractivity contribution in [2.75, 3.05) is 37.0 Å². The van der Waals surface area contributed by atoms with E-state index in [1.54, 1.807) is 0 Å². The minimum absolute atomic E-state index is 0.121. The molecule has 84 valence electrons. The molecule has 0 unspecified atom stereocenters. The average Bonchev–Trinajstić information content (AvgIpc) is 2.17. The lowest BCUT2D eigenvalue weighted by molar-refractivity contribution is 0.304. The van der Waals surface area contributed by atoms with Crippen molar-refractivity contribution in [2.45, 2.75) is 13.8 Å². The second kappa shape index (κ2) is 5.50. The summed E-state index contributed by atoms with van der Waals surface area (Å²) in [5.74, 6) is 1.46. The molecule has 0 fully saturated rings. The van der Waals surface area contributed by atoms with Gasteiger partial charge in [0.15, 0.2) is 0 Å². The van der Waals surface area contributed by atoms with Crippen LogP contribution in [0.15, 0.2) is 6.07 Å². The Labute approximate surface area is 90.2 Å². The summed E-state index contributed by atoms with van der Waals surface area (Å²) in [4.78, 5) is 10.5. The fraction of sp³-hybridized carbons (Fsp3) is 0.600. The number of rotatable bonds is 5. The molecule has 1 aromatic rings. The highest BCUT2D eigenvalue weighted by atomic mass is 16.3. The number of nitrogens with one attached hydrogen (secondary N) is 1. The Bertz CT molecular complexity index is 316. The fourth-order valence-electron chi connectivity index (χ4n) is 1.25. The van der Waals surface area contributed by atoms with Crippen LogP contribution < -0.4 is 10.2 Å². The number of hydrogen-bond donors (Lipinski definition) is 2. The lowest BCUT2D eigenvalue weighted by Gasteiger charge is -2.17. The fourth-order valence-corrected chi connectivity index (χ4v) is 1.25. The Morgan fingerprint density at radius 1 is 1.47 bits per heavy atom. The van der Waals surface area contributed by atoms with Crippen LogP contribution in [0.3, 0.4) is 0 Å². The van der Waals surface area contributed by atoms with Crippen LogP contribution in [0, 0.1) is 6.92 Å². The maximum absolute atomic E-state index is 8.84. The van der Waals surface area contributed by atoms with E-state index in [0.29, 0.717) is 12.5 Å². The summed E-state index contributed by atoms with van der Waals surface area (Å²) in [6.45, 7) is 5.42. The summed E-state index contributed by atoms with van der Waals surface area (Å²) in [5, 5.41) is 11.9. The van der Waals surface area contributed by atoms with Crippen molar-refractivity contribution in [3.63, 3.8) is 0 Å². The summed E-state index contributed by atoms with van der Waals surface area (Å²) in [7, 11) is 1.90. The van der Waals surface area contributed by atoms with E-state index in [-0.39, 0.29) is 6.61 Å². The number of aryl methyl sites for hydroxylation is 1. The van der Waals surface area contributed by atoms with E-state index in [9.17, 15) is 0 Å². The number of aliphatic hydroxyl groups is 1. The van der Waals surface area contributed by atoms with Gasteiger partial charge in [0.05, 0.1) is 6.61 Å². The molecule has 1 aromatic heterocycles. The Morgan fingerprint density at radius 3 is 2.80 bits per heavy atom. The molecule has 1 rings (SSSR count). The minimum atomic E-state index is 0.121. The molecule has 5 nitrogen and oxygen atoms in total. The zero-order valence-electron chi connectivity index (χ0n) is 9.49. The first-order valence-corrected chi connectivity index (χ1v) is 5.09. The van der Waals surface area contributed by atoms with Gasteiger partial charge in [-0.15, -0.1) is 0 Å². The van der Waals surface area contributed by atoms with Gasteiger partial charge in [0.2, 0.25) is 5.95 Å². The van der Waals surface area contributed by atoms with Crippen LogP contribution >= 0.6 is 0 Å². The third kappa shape index (κ3) is 3.36. The van der Waals surface area contributed by atoms with Crippen molar-refractivity contribution in [3.05, 3.63) is 11.8 Å². The number of likely N-dealkylation sites (N-methyl/N-ethyl adjacent to an activating group) is 1. The quantitative estimate of drug-likeness (QED) is 0.747. The van der Waals surface area contributed by atoms with Crippen LogP contribution in [0.5, 0.6) is 0 Å². The van der Waals surface area contributed by atoms with Crippen LogP contribution in [0.1, 0.15) is 12.6 Å². The lowest BCUT2D eigenvalue weighted by Crippen LogP contribution is -2.23. The number of nitrogens with zero attached hydrogens (tertiary/aromatic N) is 3. The van der Waals surface area contributed by atoms with Crippen molar-refractivity contribution < 1.29 is 5.11 Å². The van der Waals surface area contributed by atoms with Gasteiger partial charge in [-0.25, -0.2) is 4.98 Å². The molecular formula is C10H18N4O. The van der Waals surface area contributed by atoms with Gasteiger partial charge in [-0.2, -0.15) is 4.98 Å². The molecule has 0 aliphatic heterocycles. The highest BCUT2D eigenvalue weighted by molar-refractivity contribution is 5.43. The van der Waals surface area contributed by atoms with E-state index in [0.717, 1.165) is 18.1 Å². The van der Waals surface area contributed by atoms with Crippen LogP contribution in [0.4, 0.5) is 11.8 Å². The molecule has 0 bridgehead atoms. The molecule has 0 aromatic carbocycles. The Kier molecular flexibility index (Phi) is 4.30. The Balaban J connectivity index is 2.87. The summed E-state index contributed by atoms with van der Waals surface area (Å²) < 4.78 is 0. The predicted molar refractivity (Wildman–Crippen MR) is 61.3 cm³/mol. The van der Waals surface area contributed by atoms with Crippen molar-refractivity contribution in [1.29, 1.82) is 0 Å². The number of aliphatic hydroxyl groups excluding tert-OH is 1. The number of anilines is 2. The van der Waals surface area contributed by atoms with E-state index in [1.807, 2.05) is 31.9 Å². The topological polar surface area (TPSA) is 61.3 Å². The summed E-state index contributed by atoms with van der Waals surface area (Å²) in [5.41, 5.74) is 0.917. The normalized spacial score (nSPS) is 10.1. The van der Waals surface area contributed by atoms with E-state index in [4.69, 9.17) is 5.11 Å². The van der Waals surface area contributed by atoms with Gasteiger partial charge in [0, 0.05) is 31.9 Å². The van der Waals surface area contributed by atoms with E-state index in [2.05, 4.69) is 15.3 Å². The van der Waals surface area contributed by atoms with Gasteiger partial charge in [0.1, 0.15) is 5.82 Å². The molecule has 0 spiro atoms. The molecule has 1 heterocycles. The average molecular weight is 210 g/mol. The van der Waals surface area contributed by atoms with Gasteiger partial charge in [-0.1, -0.05) is 0 Å². The highest BCUT2D eigenvalue weighted by Gasteiger charge is 2.05. The third-order valence-corrected chi connectivity index (χ3v) is 2.00. The van der Waals surface area contributed by atoms with Gasteiger partial charge >= 0.3 is 0 Å². The molecule has 0 aliphatic rings. The molecule has 0 aliphatic carbocycles. The Hall–Kier alpha value is -1.36. The van der Waals surface area contributed by atoms with Crippen molar-refractivity contribution in [2.24, 2.45) is 0 Å². The van der Waals surface area contributed by atoms with Gasteiger partial charge in [0.25, 0.3) is 0 Å². The maximum atomic E-state index is 8.84. The number of aromatic nitrogens is 2. The summed E-state index contributed by atoms with van der Waals surface area (Å²) in [6.07, 6.45) is 0. The minimum Gasteiger partial charge on any atom is -0.395 e. The van der Waals surface area contributed by atoms with Crippen molar-refractivity contribution >= 4 is 11.8 Å². The van der Waals surface area contributed by atoms with E-state index < -0.39 is 0 Å². The largest absolute Gasteiger partial charge is 0.395 e. The summed E-state index contributed by atoms with van der Waals surface area (Å²) >= 11 is 0. The van der Waals surface area contributed by atoms with Gasteiger partial charge < -0.3 is 15.3 Å². The first-order chi connectivity index (χ1) is 7.17. The summed E-state index contributed by atoms with van der Waals surface area (Å²) in [6, 6.07) is 1.90. The molecule has 0 radical (unpaired) electrons. The maximum Gasteiger partial charge on any atom is 0.224 e. The van der Waals surface area contributed by atoms with Gasteiger partial charge in [-0.3, -0.25) is 0 Å². The number of hydrogen-bond acceptors (Lipinski definition) is 5. The SMILES string of the molecule is CCNc1nc(C)cc(N(C)CCO)n1. The molecular weight excluding hydrogens is 192 g/mol. The molecule has 0 saturated carbocycles. The van der Waals surface area contributed by atoms with Crippen molar-refractivity contribution in [1.82, 2.24) is 9.97 Å². The first-order valence-electron chi connectivity index (χ1n) is 5.09. The monoisotopic (exact) mass is 210 g/mol. The van der Waals surface area contributed by atoms with Crippen LogP contribution in [-0.4, -0.2) is 41.8 Å². The van der Waals surface area contributed by atoms with E-state index in [1.165, 1.54) is 0 Å². The molecule has 0 atom stereocenters. The molecule has 5 heteroatoms. The van der Waals surface area contributed by atoms with Crippen LogP contribution in [-0.2, 0) is 0 Å². The van der Waals surface area contributed by atoms with Crippen molar-refractivity contribution in [3.8, 4) is 0 Å². The standard InChI is InChI=1S/C10H18N4O/c1-4-11-10-12-8(2)7-9(13-10)14(3)5-6-15/h7,15H,4-6H2,1-3H3,(H,11,12,13). The van der Waals surface area contributed by atoms with Crippen LogP contribution in [0.25, 0.3) is 0 Å². The molecule has 15 heavy (non-hydrogen) atoms. The zero-order valence-corrected chi connectivity index (χ0v) is 9.49. The molecule has 2 N–H and O–H groups in total. The third-order valence-electron chi connectivity index (χ3n) is 2.00. The smallest absolute Gasteiger partial charge is 0.224 e. The zero-order chi connectivity index (χ0) is 11.3. The predicted octanol–water partition coefficient (Wildman–Crippen LogP) is 0.645. The lowest BCUT2D eigenvalue weighted by atomic mass is 10.4. The molecule has 0 saturated heterocycles. The Morgan fingerprint density at radius 2 is 2.20 bits per heavy atom. The highest BCUT2D eigenvalue weighted by Crippen LogP contribution is 2.12.